The Bertz CT molecular complexity index is 1150. The highest BCUT2D eigenvalue weighted by atomic mass is 32.2. The van der Waals surface area contributed by atoms with Crippen LogP contribution < -0.4 is 14.4 Å². The summed E-state index contributed by atoms with van der Waals surface area (Å²) >= 11 is 0. The summed E-state index contributed by atoms with van der Waals surface area (Å²) in [6.45, 7) is 1.32. The van der Waals surface area contributed by atoms with Gasteiger partial charge in [0.15, 0.2) is 0 Å². The molecule has 0 aliphatic heterocycles. The number of benzene rings is 3. The van der Waals surface area contributed by atoms with Crippen molar-refractivity contribution in [1.82, 2.24) is 0 Å². The van der Waals surface area contributed by atoms with Crippen LogP contribution in [-0.2, 0) is 14.8 Å². The summed E-state index contributed by atoms with van der Waals surface area (Å²) in [5.41, 5.74) is -0.445. The number of nitrogens with zero attached hydrogens (tertiary/aromatic N) is 1. The van der Waals surface area contributed by atoms with Gasteiger partial charge in [0.2, 0.25) is 15.9 Å². The number of hydrogen-bond acceptors (Lipinski definition) is 4. The Morgan fingerprint density at radius 3 is 2.00 bits per heavy atom. The molecule has 1 N–H and O–H groups in total. The van der Waals surface area contributed by atoms with Crippen molar-refractivity contribution in [3.63, 3.8) is 0 Å². The smallest absolute Gasteiger partial charge is 0.248 e. The van der Waals surface area contributed by atoms with Gasteiger partial charge in [-0.25, -0.2) is 17.2 Å². The second kappa shape index (κ2) is 9.13. The minimum absolute atomic E-state index is 0.194. The molecule has 162 valence electrons. The number of sulfonamides is 1. The Kier molecular flexibility index (Phi) is 6.55. The zero-order valence-electron chi connectivity index (χ0n) is 16.7. The van der Waals surface area contributed by atoms with Crippen LogP contribution in [0.15, 0.2) is 72.8 Å². The first-order valence-corrected chi connectivity index (χ1v) is 11.1. The molecule has 0 heterocycles. The molecule has 0 aliphatic rings. The van der Waals surface area contributed by atoms with Gasteiger partial charge in [0.05, 0.1) is 11.9 Å². The molecule has 0 radical (unpaired) electrons. The number of ether oxygens (including phenoxy) is 1. The summed E-state index contributed by atoms with van der Waals surface area (Å²) in [5.74, 6) is -1.74. The number of carbonyl (C=O) groups excluding carboxylic acids is 1. The van der Waals surface area contributed by atoms with Crippen LogP contribution in [0.2, 0.25) is 0 Å². The molecule has 0 bridgehead atoms. The number of hydrogen-bond donors (Lipinski definition) is 1. The zero-order valence-corrected chi connectivity index (χ0v) is 17.6. The van der Waals surface area contributed by atoms with Crippen LogP contribution in [0.3, 0.4) is 0 Å². The van der Waals surface area contributed by atoms with Gasteiger partial charge in [-0.05, 0) is 55.5 Å². The largest absolute Gasteiger partial charge is 0.457 e. The lowest BCUT2D eigenvalue weighted by Crippen LogP contribution is -2.45. The van der Waals surface area contributed by atoms with Crippen LogP contribution in [0, 0.1) is 11.6 Å². The van der Waals surface area contributed by atoms with E-state index >= 15 is 0 Å². The van der Waals surface area contributed by atoms with Gasteiger partial charge in [-0.2, -0.15) is 0 Å². The summed E-state index contributed by atoms with van der Waals surface area (Å²) in [5, 5.41) is 2.12. The molecule has 1 atom stereocenters. The molecule has 31 heavy (non-hydrogen) atoms. The Morgan fingerprint density at radius 1 is 0.903 bits per heavy atom. The van der Waals surface area contributed by atoms with Gasteiger partial charge >= 0.3 is 0 Å². The van der Waals surface area contributed by atoms with E-state index in [1.165, 1.54) is 19.1 Å². The van der Waals surface area contributed by atoms with Gasteiger partial charge in [0, 0.05) is 0 Å². The highest BCUT2D eigenvalue weighted by molar-refractivity contribution is 7.92. The lowest BCUT2D eigenvalue weighted by Gasteiger charge is -2.28. The maximum Gasteiger partial charge on any atom is 0.248 e. The van der Waals surface area contributed by atoms with E-state index in [0.29, 0.717) is 11.5 Å². The molecule has 0 fully saturated rings. The minimum Gasteiger partial charge on any atom is -0.457 e. The number of anilines is 2. The Labute approximate surface area is 179 Å². The molecule has 3 aromatic carbocycles. The van der Waals surface area contributed by atoms with Crippen molar-refractivity contribution in [2.24, 2.45) is 0 Å². The van der Waals surface area contributed by atoms with Crippen molar-refractivity contribution >= 4 is 27.3 Å². The zero-order chi connectivity index (χ0) is 22.6. The first-order chi connectivity index (χ1) is 14.7. The quantitative estimate of drug-likeness (QED) is 0.578. The standard InChI is InChI=1S/C22H20F2N2O4S/c1-15(22(27)25-21-19(23)9-6-10-20(21)24)26(31(2,28)29)16-11-13-18(14-12-16)30-17-7-4-3-5-8-17/h3-15H,1-2H3,(H,25,27)/t15-/m0/s1. The van der Waals surface area contributed by atoms with Gasteiger partial charge < -0.3 is 10.1 Å². The fourth-order valence-corrected chi connectivity index (χ4v) is 4.11. The van der Waals surface area contributed by atoms with Crippen molar-refractivity contribution < 1.29 is 26.7 Å². The summed E-state index contributed by atoms with van der Waals surface area (Å²) < 4.78 is 59.1. The molecule has 0 unspecified atom stereocenters. The number of carbonyl (C=O) groups is 1. The third-order valence-electron chi connectivity index (χ3n) is 4.37. The fraction of sp³-hybridized carbons (Fsp3) is 0.136. The number of halogens is 2. The van der Waals surface area contributed by atoms with Gasteiger partial charge in [-0.3, -0.25) is 9.10 Å². The number of para-hydroxylation sites is 2. The van der Waals surface area contributed by atoms with E-state index in [9.17, 15) is 22.0 Å². The van der Waals surface area contributed by atoms with Crippen molar-refractivity contribution in [2.45, 2.75) is 13.0 Å². The maximum absolute atomic E-state index is 13.9. The van der Waals surface area contributed by atoms with Crippen LogP contribution in [0.4, 0.5) is 20.2 Å². The summed E-state index contributed by atoms with van der Waals surface area (Å²) in [6.07, 6.45) is 0.939. The molecular formula is C22H20F2N2O4S. The van der Waals surface area contributed by atoms with E-state index in [2.05, 4.69) is 5.32 Å². The van der Waals surface area contributed by atoms with E-state index in [4.69, 9.17) is 4.74 Å². The highest BCUT2D eigenvalue weighted by Crippen LogP contribution is 2.27. The molecule has 3 rings (SSSR count). The van der Waals surface area contributed by atoms with E-state index in [0.717, 1.165) is 28.8 Å². The van der Waals surface area contributed by atoms with Crippen molar-refractivity contribution in [3.8, 4) is 11.5 Å². The van der Waals surface area contributed by atoms with Crippen LogP contribution in [0.5, 0.6) is 11.5 Å². The lowest BCUT2D eigenvalue weighted by molar-refractivity contribution is -0.116. The molecule has 0 aromatic heterocycles. The third-order valence-corrected chi connectivity index (χ3v) is 5.61. The predicted octanol–water partition coefficient (Wildman–Crippen LogP) is 4.55. The van der Waals surface area contributed by atoms with Crippen molar-refractivity contribution in [2.75, 3.05) is 15.9 Å². The van der Waals surface area contributed by atoms with Crippen molar-refractivity contribution in [3.05, 3.63) is 84.4 Å². The van der Waals surface area contributed by atoms with E-state index < -0.39 is 39.3 Å². The Balaban J connectivity index is 1.84. The molecule has 0 aliphatic carbocycles. The molecular weight excluding hydrogens is 426 g/mol. The van der Waals surface area contributed by atoms with E-state index in [1.54, 1.807) is 24.3 Å². The van der Waals surface area contributed by atoms with E-state index in [-0.39, 0.29) is 5.69 Å². The predicted molar refractivity (Wildman–Crippen MR) is 115 cm³/mol. The molecule has 9 heteroatoms. The first-order valence-electron chi connectivity index (χ1n) is 9.24. The first kappa shape index (κ1) is 22.2. The van der Waals surface area contributed by atoms with Crippen LogP contribution in [0.1, 0.15) is 6.92 Å². The number of nitrogens with one attached hydrogen (secondary N) is 1. The number of amides is 1. The normalized spacial score (nSPS) is 12.1. The van der Waals surface area contributed by atoms with Crippen LogP contribution >= 0.6 is 0 Å². The lowest BCUT2D eigenvalue weighted by atomic mass is 10.2. The van der Waals surface area contributed by atoms with Crippen LogP contribution in [0.25, 0.3) is 0 Å². The average Bonchev–Trinajstić information content (AvgIpc) is 2.72. The topological polar surface area (TPSA) is 75.7 Å². The third kappa shape index (κ3) is 5.37. The highest BCUT2D eigenvalue weighted by Gasteiger charge is 2.30. The van der Waals surface area contributed by atoms with Crippen molar-refractivity contribution in [1.29, 1.82) is 0 Å². The fourth-order valence-electron chi connectivity index (χ4n) is 2.94. The van der Waals surface area contributed by atoms with Gasteiger partial charge in [-0.1, -0.05) is 24.3 Å². The summed E-state index contributed by atoms with van der Waals surface area (Å²) in [4.78, 5) is 12.6. The van der Waals surface area contributed by atoms with Gasteiger partial charge in [0.25, 0.3) is 0 Å². The average molecular weight is 446 g/mol. The van der Waals surface area contributed by atoms with E-state index in [1.807, 2.05) is 18.2 Å². The molecule has 3 aromatic rings. The summed E-state index contributed by atoms with van der Waals surface area (Å²) in [6, 6.07) is 16.9. The van der Waals surface area contributed by atoms with Gasteiger partial charge in [-0.15, -0.1) is 0 Å². The molecule has 0 saturated heterocycles. The second-order valence-electron chi connectivity index (χ2n) is 6.73. The Hall–Kier alpha value is -3.46. The number of rotatable bonds is 7. The molecule has 1 amide bonds. The second-order valence-corrected chi connectivity index (χ2v) is 8.59. The van der Waals surface area contributed by atoms with Crippen LogP contribution in [-0.4, -0.2) is 26.6 Å². The van der Waals surface area contributed by atoms with Gasteiger partial charge in [0.1, 0.15) is 34.9 Å². The molecule has 0 spiro atoms. The molecule has 0 saturated carbocycles. The molecule has 6 nitrogen and oxygen atoms in total. The summed E-state index contributed by atoms with van der Waals surface area (Å²) in [7, 11) is -3.90. The monoisotopic (exact) mass is 446 g/mol. The minimum atomic E-state index is -3.90. The maximum atomic E-state index is 13.9. The Morgan fingerprint density at radius 2 is 1.45 bits per heavy atom. The SMILES string of the molecule is C[C@@H](C(=O)Nc1c(F)cccc1F)N(c1ccc(Oc2ccccc2)cc1)S(C)(=O)=O.